The lowest BCUT2D eigenvalue weighted by molar-refractivity contribution is -0.129. The van der Waals surface area contributed by atoms with Gasteiger partial charge < -0.3 is 15.8 Å². The van der Waals surface area contributed by atoms with E-state index in [0.29, 0.717) is 24.5 Å². The molecule has 0 radical (unpaired) electrons. The van der Waals surface area contributed by atoms with Crippen LogP contribution in [-0.4, -0.2) is 25.2 Å². The molecule has 0 aromatic heterocycles. The molecule has 0 atom stereocenters. The van der Waals surface area contributed by atoms with Crippen LogP contribution in [0, 0.1) is 5.41 Å². The van der Waals surface area contributed by atoms with Crippen molar-refractivity contribution < 1.29 is 14.3 Å². The van der Waals surface area contributed by atoms with Gasteiger partial charge in [-0.05, 0) is 44.0 Å². The standard InChI is InChI=1S/C15H21N3O3/c1-2-21-14(20)18-12-6-4-11(5-7-12)17-13(19)15(10-16)8-3-9-15/h4-7H,2-3,8-10,16H2,1H3,(H,17,19)(H,18,20). The third kappa shape index (κ3) is 3.52. The van der Waals surface area contributed by atoms with Gasteiger partial charge in [0.15, 0.2) is 0 Å². The van der Waals surface area contributed by atoms with Crippen LogP contribution in [0.4, 0.5) is 16.2 Å². The molecule has 0 heterocycles. The summed E-state index contributed by atoms with van der Waals surface area (Å²) < 4.78 is 4.79. The number of carbonyl (C=O) groups excluding carboxylic acids is 2. The number of rotatable bonds is 5. The molecular formula is C15H21N3O3. The molecule has 2 rings (SSSR count). The Hall–Kier alpha value is -2.08. The van der Waals surface area contributed by atoms with Crippen LogP contribution < -0.4 is 16.4 Å². The second kappa shape index (κ2) is 6.58. The number of nitrogens with two attached hydrogens (primary N) is 1. The molecule has 0 unspecified atom stereocenters. The van der Waals surface area contributed by atoms with Crippen molar-refractivity contribution in [2.45, 2.75) is 26.2 Å². The molecular weight excluding hydrogens is 270 g/mol. The van der Waals surface area contributed by atoms with E-state index in [2.05, 4.69) is 10.6 Å². The predicted octanol–water partition coefficient (Wildman–Crippen LogP) is 2.32. The van der Waals surface area contributed by atoms with E-state index < -0.39 is 11.5 Å². The Labute approximate surface area is 124 Å². The summed E-state index contributed by atoms with van der Waals surface area (Å²) in [6.07, 6.45) is 2.24. The minimum atomic E-state index is -0.495. The molecule has 21 heavy (non-hydrogen) atoms. The summed E-state index contributed by atoms with van der Waals surface area (Å²) in [5.41, 5.74) is 6.61. The SMILES string of the molecule is CCOC(=O)Nc1ccc(NC(=O)C2(CN)CCC2)cc1. The highest BCUT2D eigenvalue weighted by Gasteiger charge is 2.42. The lowest BCUT2D eigenvalue weighted by Crippen LogP contribution is -2.47. The molecule has 1 aliphatic carbocycles. The smallest absolute Gasteiger partial charge is 0.411 e. The summed E-state index contributed by atoms with van der Waals surface area (Å²) in [5, 5.41) is 5.47. The van der Waals surface area contributed by atoms with Crippen LogP contribution in [0.15, 0.2) is 24.3 Å². The molecule has 4 N–H and O–H groups in total. The number of amides is 2. The second-order valence-electron chi connectivity index (χ2n) is 5.21. The van der Waals surface area contributed by atoms with Gasteiger partial charge in [-0.3, -0.25) is 10.1 Å². The average molecular weight is 291 g/mol. The third-order valence-electron chi connectivity index (χ3n) is 3.85. The normalized spacial score (nSPS) is 15.7. The maximum absolute atomic E-state index is 12.2. The Morgan fingerprint density at radius 2 is 1.76 bits per heavy atom. The van der Waals surface area contributed by atoms with E-state index in [0.717, 1.165) is 19.3 Å². The molecule has 1 aromatic carbocycles. The fraction of sp³-hybridized carbons (Fsp3) is 0.467. The van der Waals surface area contributed by atoms with Gasteiger partial charge in [-0.2, -0.15) is 0 Å². The van der Waals surface area contributed by atoms with Crippen molar-refractivity contribution in [1.82, 2.24) is 0 Å². The van der Waals surface area contributed by atoms with E-state index >= 15 is 0 Å². The highest BCUT2D eigenvalue weighted by molar-refractivity contribution is 5.96. The molecule has 0 saturated heterocycles. The minimum absolute atomic E-state index is 0.0256. The summed E-state index contributed by atoms with van der Waals surface area (Å²) in [6, 6.07) is 6.90. The van der Waals surface area contributed by atoms with Crippen LogP contribution in [0.5, 0.6) is 0 Å². The molecule has 6 heteroatoms. The van der Waals surface area contributed by atoms with Crippen molar-refractivity contribution in [2.24, 2.45) is 11.1 Å². The Bertz CT molecular complexity index is 504. The van der Waals surface area contributed by atoms with Crippen LogP contribution in [0.25, 0.3) is 0 Å². The number of carbonyl (C=O) groups is 2. The molecule has 1 saturated carbocycles. The van der Waals surface area contributed by atoms with Crippen LogP contribution in [0.1, 0.15) is 26.2 Å². The fourth-order valence-electron chi connectivity index (χ4n) is 2.31. The van der Waals surface area contributed by atoms with Crippen LogP contribution in [-0.2, 0) is 9.53 Å². The summed E-state index contributed by atoms with van der Waals surface area (Å²) in [6.45, 7) is 2.44. The molecule has 1 aliphatic rings. The van der Waals surface area contributed by atoms with Gasteiger partial charge in [0, 0.05) is 17.9 Å². The van der Waals surface area contributed by atoms with Crippen molar-refractivity contribution in [1.29, 1.82) is 0 Å². The lowest BCUT2D eigenvalue weighted by atomic mass is 9.68. The average Bonchev–Trinajstić information content (AvgIpc) is 2.40. The van der Waals surface area contributed by atoms with E-state index in [9.17, 15) is 9.59 Å². The van der Waals surface area contributed by atoms with E-state index in [1.54, 1.807) is 31.2 Å². The van der Waals surface area contributed by atoms with E-state index in [1.165, 1.54) is 0 Å². The summed E-state index contributed by atoms with van der Waals surface area (Å²) in [4.78, 5) is 23.5. The van der Waals surface area contributed by atoms with Crippen molar-refractivity contribution in [3.8, 4) is 0 Å². The maximum atomic E-state index is 12.2. The molecule has 6 nitrogen and oxygen atoms in total. The molecule has 1 fully saturated rings. The first-order valence-electron chi connectivity index (χ1n) is 7.15. The summed E-state index contributed by atoms with van der Waals surface area (Å²) in [5.74, 6) is -0.0256. The number of hydrogen-bond acceptors (Lipinski definition) is 4. The van der Waals surface area contributed by atoms with Gasteiger partial charge in [-0.1, -0.05) is 6.42 Å². The van der Waals surface area contributed by atoms with E-state index in [1.807, 2.05) is 0 Å². The highest BCUT2D eigenvalue weighted by atomic mass is 16.5. The number of nitrogens with one attached hydrogen (secondary N) is 2. The van der Waals surface area contributed by atoms with Crippen molar-refractivity contribution in [2.75, 3.05) is 23.8 Å². The molecule has 2 amide bonds. The zero-order valence-electron chi connectivity index (χ0n) is 12.1. The highest BCUT2D eigenvalue weighted by Crippen LogP contribution is 2.40. The first-order chi connectivity index (χ1) is 10.1. The Balaban J connectivity index is 1.93. The molecule has 0 bridgehead atoms. The molecule has 1 aromatic rings. The largest absolute Gasteiger partial charge is 0.450 e. The van der Waals surface area contributed by atoms with Gasteiger partial charge in [-0.15, -0.1) is 0 Å². The first-order valence-corrected chi connectivity index (χ1v) is 7.15. The van der Waals surface area contributed by atoms with Gasteiger partial charge in [0.2, 0.25) is 5.91 Å². The second-order valence-corrected chi connectivity index (χ2v) is 5.21. The van der Waals surface area contributed by atoms with Gasteiger partial charge >= 0.3 is 6.09 Å². The van der Waals surface area contributed by atoms with Gasteiger partial charge in [0.1, 0.15) is 0 Å². The topological polar surface area (TPSA) is 93.5 Å². The van der Waals surface area contributed by atoms with Gasteiger partial charge in [0.25, 0.3) is 0 Å². The molecule has 0 spiro atoms. The van der Waals surface area contributed by atoms with E-state index in [-0.39, 0.29) is 5.91 Å². The summed E-state index contributed by atoms with van der Waals surface area (Å²) >= 11 is 0. The molecule has 0 aliphatic heterocycles. The Morgan fingerprint density at radius 3 is 2.19 bits per heavy atom. The minimum Gasteiger partial charge on any atom is -0.450 e. The van der Waals surface area contributed by atoms with Crippen molar-refractivity contribution in [3.05, 3.63) is 24.3 Å². The number of ether oxygens (including phenoxy) is 1. The van der Waals surface area contributed by atoms with Crippen molar-refractivity contribution >= 4 is 23.4 Å². The zero-order valence-corrected chi connectivity index (χ0v) is 12.1. The number of anilines is 2. The van der Waals surface area contributed by atoms with Gasteiger partial charge in [0.05, 0.1) is 12.0 Å². The fourth-order valence-corrected chi connectivity index (χ4v) is 2.31. The van der Waals surface area contributed by atoms with Crippen LogP contribution in [0.3, 0.4) is 0 Å². The van der Waals surface area contributed by atoms with Crippen LogP contribution in [0.2, 0.25) is 0 Å². The van der Waals surface area contributed by atoms with Crippen LogP contribution >= 0.6 is 0 Å². The Morgan fingerprint density at radius 1 is 1.19 bits per heavy atom. The number of benzene rings is 1. The predicted molar refractivity (Wildman–Crippen MR) is 81.1 cm³/mol. The first kappa shape index (κ1) is 15.3. The van der Waals surface area contributed by atoms with Gasteiger partial charge in [-0.25, -0.2) is 4.79 Å². The molecule has 114 valence electrons. The van der Waals surface area contributed by atoms with E-state index in [4.69, 9.17) is 10.5 Å². The van der Waals surface area contributed by atoms with Crippen molar-refractivity contribution in [3.63, 3.8) is 0 Å². The number of hydrogen-bond donors (Lipinski definition) is 3. The maximum Gasteiger partial charge on any atom is 0.411 e. The lowest BCUT2D eigenvalue weighted by Gasteiger charge is -2.39. The monoisotopic (exact) mass is 291 g/mol. The zero-order chi connectivity index (χ0) is 15.3. The third-order valence-corrected chi connectivity index (χ3v) is 3.85. The Kier molecular flexibility index (Phi) is 4.80. The quantitative estimate of drug-likeness (QED) is 0.776. The summed E-state index contributed by atoms with van der Waals surface area (Å²) in [7, 11) is 0.